The lowest BCUT2D eigenvalue weighted by atomic mass is 10.2. The highest BCUT2D eigenvalue weighted by Crippen LogP contribution is 2.18. The van der Waals surface area contributed by atoms with Crippen LogP contribution in [-0.2, 0) is 28.6 Å². The Morgan fingerprint density at radius 2 is 1.22 bits per heavy atom. The van der Waals surface area contributed by atoms with Gasteiger partial charge in [0.2, 0.25) is 0 Å². The molecule has 0 aliphatic heterocycles. The Morgan fingerprint density at radius 1 is 0.778 bits per heavy atom. The number of benzene rings is 2. The molecule has 6 nitrogen and oxygen atoms in total. The maximum absolute atomic E-state index is 12.2. The highest BCUT2D eigenvalue weighted by Gasteiger charge is 2.19. The predicted octanol–water partition coefficient (Wildman–Crippen LogP) is 3.58. The summed E-state index contributed by atoms with van der Waals surface area (Å²) in [6.45, 7) is 5.31. The number of hydrogen-bond donors (Lipinski definition) is 0. The van der Waals surface area contributed by atoms with E-state index in [9.17, 15) is 16.8 Å². The molecule has 0 spiro atoms. The largest absolute Gasteiger partial charge is 0.297 e. The number of hydrogen-bond acceptors (Lipinski definition) is 6. The summed E-state index contributed by atoms with van der Waals surface area (Å²) in [5.74, 6) is 0. The third-order valence-electron chi connectivity index (χ3n) is 3.90. The molecule has 0 aliphatic carbocycles. The monoisotopic (exact) mass is 412 g/mol. The molecule has 1 unspecified atom stereocenters. The summed E-state index contributed by atoms with van der Waals surface area (Å²) in [6, 6.07) is 12.8. The summed E-state index contributed by atoms with van der Waals surface area (Å²) in [5, 5.41) is 0. The zero-order valence-electron chi connectivity index (χ0n) is 15.6. The van der Waals surface area contributed by atoms with Crippen molar-refractivity contribution in [1.29, 1.82) is 0 Å². The van der Waals surface area contributed by atoms with Crippen LogP contribution in [0.3, 0.4) is 0 Å². The van der Waals surface area contributed by atoms with E-state index in [-0.39, 0.29) is 16.4 Å². The summed E-state index contributed by atoms with van der Waals surface area (Å²) in [5.41, 5.74) is 1.91. The van der Waals surface area contributed by atoms with Crippen molar-refractivity contribution in [2.45, 2.75) is 49.5 Å². The van der Waals surface area contributed by atoms with Gasteiger partial charge >= 0.3 is 0 Å². The van der Waals surface area contributed by atoms with Crippen LogP contribution >= 0.6 is 0 Å². The molecule has 0 radical (unpaired) electrons. The smallest absolute Gasteiger partial charge is 0.266 e. The third-order valence-corrected chi connectivity index (χ3v) is 6.66. The molecule has 0 aromatic heterocycles. The standard InChI is InChI=1S/C19H24O6S2/c1-15-6-10-18(11-7-15)26(20,21)24-14-4-5-17(3)25-27(22,23)19-12-8-16(2)9-13-19/h6-13,17H,4-5,14H2,1-3H3. The zero-order chi connectivity index (χ0) is 20.1. The molecule has 8 heteroatoms. The molecule has 0 bridgehead atoms. The first-order valence-electron chi connectivity index (χ1n) is 8.56. The molecule has 148 valence electrons. The molecular formula is C19H24O6S2. The lowest BCUT2D eigenvalue weighted by Gasteiger charge is -2.13. The van der Waals surface area contributed by atoms with Crippen molar-refractivity contribution in [3.8, 4) is 0 Å². The van der Waals surface area contributed by atoms with Crippen LogP contribution in [0.5, 0.6) is 0 Å². The van der Waals surface area contributed by atoms with Crippen molar-refractivity contribution in [2.75, 3.05) is 6.61 Å². The van der Waals surface area contributed by atoms with Crippen molar-refractivity contribution >= 4 is 20.2 Å². The average molecular weight is 413 g/mol. The maximum Gasteiger partial charge on any atom is 0.297 e. The Kier molecular flexibility index (Phi) is 7.16. The van der Waals surface area contributed by atoms with Crippen molar-refractivity contribution in [1.82, 2.24) is 0 Å². The molecule has 2 aromatic rings. The first-order valence-corrected chi connectivity index (χ1v) is 11.4. The molecule has 0 N–H and O–H groups in total. The van der Waals surface area contributed by atoms with Crippen molar-refractivity contribution in [3.63, 3.8) is 0 Å². The van der Waals surface area contributed by atoms with Gasteiger partial charge in [-0.25, -0.2) is 0 Å². The first kappa shape index (κ1) is 21.6. The molecule has 2 rings (SSSR count). The molecule has 1 atom stereocenters. The fourth-order valence-corrected chi connectivity index (χ4v) is 4.39. The lowest BCUT2D eigenvalue weighted by Crippen LogP contribution is -2.17. The van der Waals surface area contributed by atoms with E-state index in [4.69, 9.17) is 8.37 Å². The SMILES string of the molecule is Cc1ccc(S(=O)(=O)OCCCC(C)OS(=O)(=O)c2ccc(C)cc2)cc1. The molecule has 0 saturated heterocycles. The molecule has 0 heterocycles. The Balaban J connectivity index is 1.82. The molecule has 2 aromatic carbocycles. The van der Waals surface area contributed by atoms with E-state index in [2.05, 4.69) is 0 Å². The fraction of sp³-hybridized carbons (Fsp3) is 0.368. The van der Waals surface area contributed by atoms with Crippen LogP contribution in [0.2, 0.25) is 0 Å². The number of rotatable bonds is 9. The van der Waals surface area contributed by atoms with E-state index in [1.807, 2.05) is 13.8 Å². The summed E-state index contributed by atoms with van der Waals surface area (Å²) in [4.78, 5) is 0.192. The second-order valence-electron chi connectivity index (χ2n) is 6.41. The Morgan fingerprint density at radius 3 is 1.70 bits per heavy atom. The van der Waals surface area contributed by atoms with Crippen LogP contribution in [0.25, 0.3) is 0 Å². The zero-order valence-corrected chi connectivity index (χ0v) is 17.2. The van der Waals surface area contributed by atoms with E-state index >= 15 is 0 Å². The number of aryl methyl sites for hydroxylation is 2. The minimum atomic E-state index is -3.85. The van der Waals surface area contributed by atoms with Gasteiger partial charge in [0, 0.05) is 0 Å². The highest BCUT2D eigenvalue weighted by molar-refractivity contribution is 7.87. The van der Waals surface area contributed by atoms with Crippen LogP contribution in [0.4, 0.5) is 0 Å². The van der Waals surface area contributed by atoms with E-state index < -0.39 is 26.3 Å². The van der Waals surface area contributed by atoms with E-state index in [0.717, 1.165) is 11.1 Å². The molecule has 27 heavy (non-hydrogen) atoms. The van der Waals surface area contributed by atoms with Gasteiger partial charge in [-0.3, -0.25) is 8.37 Å². The van der Waals surface area contributed by atoms with Crippen LogP contribution in [0.15, 0.2) is 58.3 Å². The molecule has 0 fully saturated rings. The van der Waals surface area contributed by atoms with E-state index in [0.29, 0.717) is 12.8 Å². The molecule has 0 amide bonds. The normalized spacial score (nSPS) is 13.4. The van der Waals surface area contributed by atoms with Crippen LogP contribution in [0.1, 0.15) is 30.9 Å². The van der Waals surface area contributed by atoms with Gasteiger partial charge in [-0.15, -0.1) is 0 Å². The highest BCUT2D eigenvalue weighted by atomic mass is 32.2. The van der Waals surface area contributed by atoms with E-state index in [1.54, 1.807) is 31.2 Å². The second-order valence-corrected chi connectivity index (χ2v) is 9.59. The van der Waals surface area contributed by atoms with Gasteiger partial charge in [0.05, 0.1) is 22.5 Å². The van der Waals surface area contributed by atoms with Crippen LogP contribution in [-0.4, -0.2) is 29.5 Å². The maximum atomic E-state index is 12.2. The lowest BCUT2D eigenvalue weighted by molar-refractivity contribution is 0.201. The van der Waals surface area contributed by atoms with Crippen molar-refractivity contribution in [3.05, 3.63) is 59.7 Å². The van der Waals surface area contributed by atoms with Gasteiger partial charge in [0.15, 0.2) is 0 Å². The fourth-order valence-electron chi connectivity index (χ4n) is 2.34. The van der Waals surface area contributed by atoms with Crippen molar-refractivity contribution in [2.24, 2.45) is 0 Å². The minimum Gasteiger partial charge on any atom is -0.266 e. The second kappa shape index (κ2) is 8.97. The van der Waals surface area contributed by atoms with Crippen LogP contribution in [0, 0.1) is 13.8 Å². The average Bonchev–Trinajstić information content (AvgIpc) is 2.59. The van der Waals surface area contributed by atoms with Gasteiger partial charge < -0.3 is 0 Å². The molecule has 0 saturated carbocycles. The predicted molar refractivity (Wildman–Crippen MR) is 102 cm³/mol. The summed E-state index contributed by atoms with van der Waals surface area (Å²) >= 11 is 0. The van der Waals surface area contributed by atoms with Gasteiger partial charge in [-0.05, 0) is 57.9 Å². The van der Waals surface area contributed by atoms with Crippen LogP contribution < -0.4 is 0 Å². The van der Waals surface area contributed by atoms with Gasteiger partial charge in [0.25, 0.3) is 20.2 Å². The van der Waals surface area contributed by atoms with Gasteiger partial charge in [-0.1, -0.05) is 35.4 Å². The minimum absolute atomic E-state index is 0.0471. The molecular weight excluding hydrogens is 388 g/mol. The Labute approximate surface area is 161 Å². The Bertz CT molecular complexity index is 946. The first-order chi connectivity index (χ1) is 12.6. The summed E-state index contributed by atoms with van der Waals surface area (Å²) in [6.07, 6.45) is 0.0893. The summed E-state index contributed by atoms with van der Waals surface area (Å²) in [7, 11) is -7.66. The van der Waals surface area contributed by atoms with E-state index in [1.165, 1.54) is 24.3 Å². The Hall–Kier alpha value is -1.74. The molecule has 0 aliphatic rings. The van der Waals surface area contributed by atoms with Gasteiger partial charge in [-0.2, -0.15) is 16.8 Å². The van der Waals surface area contributed by atoms with Gasteiger partial charge in [0.1, 0.15) is 0 Å². The summed E-state index contributed by atoms with van der Waals surface area (Å²) < 4.78 is 58.7. The quantitative estimate of drug-likeness (QED) is 0.462. The third kappa shape index (κ3) is 6.42. The topological polar surface area (TPSA) is 86.7 Å². The van der Waals surface area contributed by atoms with Crippen molar-refractivity contribution < 1.29 is 25.2 Å².